The number of carbonyl (C=O) groups excluding carboxylic acids is 4. The van der Waals surface area contributed by atoms with Crippen molar-refractivity contribution in [2.75, 3.05) is 20.1 Å². The highest BCUT2D eigenvalue weighted by Gasteiger charge is 2.31. The van der Waals surface area contributed by atoms with E-state index >= 15 is 0 Å². The fourth-order valence-corrected chi connectivity index (χ4v) is 3.76. The van der Waals surface area contributed by atoms with E-state index in [2.05, 4.69) is 26.6 Å². The Labute approximate surface area is 229 Å². The Hall–Kier alpha value is -3.46. The molecule has 0 aliphatic rings. The minimum absolute atomic E-state index is 0.0989. The summed E-state index contributed by atoms with van der Waals surface area (Å²) in [6.45, 7) is 4.30. The fraction of sp³-hybridized carbons (Fsp3) is 0.750. The van der Waals surface area contributed by atoms with E-state index in [0.717, 1.165) is 0 Å². The highest BCUT2D eigenvalue weighted by Crippen LogP contribution is 2.10. The predicted molar refractivity (Wildman–Crippen MR) is 146 cm³/mol. The molecule has 4 amide bonds. The van der Waals surface area contributed by atoms with Crippen LogP contribution in [0, 0.1) is 11.3 Å². The van der Waals surface area contributed by atoms with Gasteiger partial charge in [0.25, 0.3) is 0 Å². The average molecular weight is 558 g/mol. The Morgan fingerprint density at radius 3 is 1.87 bits per heavy atom. The zero-order chi connectivity index (χ0) is 30.0. The van der Waals surface area contributed by atoms with Crippen LogP contribution in [-0.4, -0.2) is 85.0 Å². The summed E-state index contributed by atoms with van der Waals surface area (Å²) in [7, 11) is 1.60. The number of rotatable bonds is 21. The Morgan fingerprint density at radius 2 is 1.38 bits per heavy atom. The van der Waals surface area contributed by atoms with Crippen molar-refractivity contribution in [2.24, 2.45) is 23.1 Å². The summed E-state index contributed by atoms with van der Waals surface area (Å²) in [5.74, 6) is -4.29. The van der Waals surface area contributed by atoms with Crippen molar-refractivity contribution in [1.82, 2.24) is 26.6 Å². The van der Waals surface area contributed by atoms with Crippen molar-refractivity contribution in [1.29, 1.82) is 5.41 Å². The van der Waals surface area contributed by atoms with Gasteiger partial charge in [0, 0.05) is 13.0 Å². The van der Waals surface area contributed by atoms with Crippen molar-refractivity contribution in [3.05, 3.63) is 0 Å². The lowest BCUT2D eigenvalue weighted by Crippen LogP contribution is -2.58. The van der Waals surface area contributed by atoms with Gasteiger partial charge in [0.05, 0.1) is 6.04 Å². The molecule has 0 bridgehead atoms. The molecule has 15 nitrogen and oxygen atoms in total. The number of nitrogens with one attached hydrogen (secondary N) is 6. The number of amides is 4. The first-order chi connectivity index (χ1) is 18.4. The Bertz CT molecular complexity index is 826. The first kappa shape index (κ1) is 35.5. The minimum Gasteiger partial charge on any atom is -0.481 e. The number of carbonyl (C=O) groups is 5. The smallest absolute Gasteiger partial charge is 0.303 e. The zero-order valence-electron chi connectivity index (χ0n) is 23.2. The Kier molecular flexibility index (Phi) is 17.8. The number of nitrogens with two attached hydrogens (primary N) is 3. The third kappa shape index (κ3) is 14.9. The van der Waals surface area contributed by atoms with Crippen molar-refractivity contribution >= 4 is 35.6 Å². The van der Waals surface area contributed by atoms with Gasteiger partial charge in [-0.2, -0.15) is 0 Å². The van der Waals surface area contributed by atoms with Crippen LogP contribution in [0.2, 0.25) is 0 Å². The lowest BCUT2D eigenvalue weighted by Gasteiger charge is -2.27. The number of likely N-dealkylation sites (N-methyl/N-ethyl adjacent to an activating group) is 1. The van der Waals surface area contributed by atoms with Crippen LogP contribution in [0.3, 0.4) is 0 Å². The molecule has 5 atom stereocenters. The number of guanidine groups is 1. The van der Waals surface area contributed by atoms with E-state index in [9.17, 15) is 24.0 Å². The van der Waals surface area contributed by atoms with E-state index in [-0.39, 0.29) is 31.3 Å². The molecule has 0 saturated carbocycles. The van der Waals surface area contributed by atoms with Crippen molar-refractivity contribution in [2.45, 2.75) is 89.4 Å². The maximum Gasteiger partial charge on any atom is 0.303 e. The maximum atomic E-state index is 13.2. The van der Waals surface area contributed by atoms with Gasteiger partial charge in [-0.25, -0.2) is 0 Å². The third-order valence-corrected chi connectivity index (χ3v) is 6.33. The lowest BCUT2D eigenvalue weighted by atomic mass is 9.97. The summed E-state index contributed by atoms with van der Waals surface area (Å²) in [4.78, 5) is 62.4. The van der Waals surface area contributed by atoms with Crippen molar-refractivity contribution in [3.8, 4) is 0 Å². The monoisotopic (exact) mass is 557 g/mol. The predicted octanol–water partition coefficient (Wildman–Crippen LogP) is -2.18. The van der Waals surface area contributed by atoms with Gasteiger partial charge in [0.15, 0.2) is 5.96 Å². The summed E-state index contributed by atoms with van der Waals surface area (Å²) in [5, 5.41) is 29.7. The maximum absolute atomic E-state index is 13.2. The van der Waals surface area contributed by atoms with Gasteiger partial charge >= 0.3 is 5.97 Å². The van der Waals surface area contributed by atoms with E-state index in [0.29, 0.717) is 38.6 Å². The largest absolute Gasteiger partial charge is 0.481 e. The molecular weight excluding hydrogens is 510 g/mol. The molecule has 0 aromatic rings. The topological polar surface area (TPSA) is 268 Å². The van der Waals surface area contributed by atoms with Gasteiger partial charge < -0.3 is 48.9 Å². The molecule has 0 fully saturated rings. The van der Waals surface area contributed by atoms with Crippen LogP contribution in [0.1, 0.15) is 65.2 Å². The molecule has 15 heteroatoms. The number of primary amides is 1. The molecule has 0 radical (unpaired) electrons. The second-order valence-electron chi connectivity index (χ2n) is 9.44. The SMILES string of the molecule is CC[C@H](C)[C@H](NC(=O)[C@H](CCCNC(=N)N)NC(=O)[C@H](CCC(=O)O)NC(=O)[C@H](CCCCN)NC)C(N)=O. The van der Waals surface area contributed by atoms with Gasteiger partial charge in [0.1, 0.15) is 18.1 Å². The van der Waals surface area contributed by atoms with Crippen molar-refractivity contribution in [3.63, 3.8) is 0 Å². The highest BCUT2D eigenvalue weighted by atomic mass is 16.4. The second kappa shape index (κ2) is 19.6. The van der Waals surface area contributed by atoms with Crippen LogP contribution in [0.15, 0.2) is 0 Å². The number of carboxylic acids is 1. The molecule has 13 N–H and O–H groups in total. The molecule has 0 aliphatic heterocycles. The number of hydrogen-bond donors (Lipinski definition) is 10. The summed E-state index contributed by atoms with van der Waals surface area (Å²) < 4.78 is 0. The molecular formula is C24H47N9O6. The molecule has 0 aromatic carbocycles. The van der Waals surface area contributed by atoms with Crippen LogP contribution in [0.25, 0.3) is 0 Å². The normalized spacial score (nSPS) is 14.7. The van der Waals surface area contributed by atoms with E-state index in [1.54, 1.807) is 14.0 Å². The number of hydrogen-bond acceptors (Lipinski definition) is 8. The molecule has 0 unspecified atom stereocenters. The average Bonchev–Trinajstić information content (AvgIpc) is 2.87. The molecule has 0 heterocycles. The van der Waals surface area contributed by atoms with Crippen LogP contribution in [0.5, 0.6) is 0 Å². The Balaban J connectivity index is 5.74. The molecule has 0 saturated heterocycles. The molecule has 0 rings (SSSR count). The Morgan fingerprint density at radius 1 is 0.846 bits per heavy atom. The summed E-state index contributed by atoms with van der Waals surface area (Å²) in [6, 6.07) is -3.96. The van der Waals surface area contributed by atoms with E-state index in [1.807, 2.05) is 6.92 Å². The fourth-order valence-electron chi connectivity index (χ4n) is 3.76. The van der Waals surface area contributed by atoms with Gasteiger partial charge in [-0.3, -0.25) is 29.4 Å². The first-order valence-corrected chi connectivity index (χ1v) is 13.2. The van der Waals surface area contributed by atoms with Crippen LogP contribution in [0.4, 0.5) is 0 Å². The molecule has 0 aliphatic carbocycles. The first-order valence-electron chi connectivity index (χ1n) is 13.2. The zero-order valence-corrected chi connectivity index (χ0v) is 23.2. The summed E-state index contributed by atoms with van der Waals surface area (Å²) >= 11 is 0. The highest BCUT2D eigenvalue weighted by molar-refractivity contribution is 5.94. The molecule has 39 heavy (non-hydrogen) atoms. The molecule has 0 spiro atoms. The summed E-state index contributed by atoms with van der Waals surface area (Å²) in [5.41, 5.74) is 16.3. The third-order valence-electron chi connectivity index (χ3n) is 6.33. The van der Waals surface area contributed by atoms with E-state index < -0.39 is 60.2 Å². The van der Waals surface area contributed by atoms with Gasteiger partial charge in [0.2, 0.25) is 23.6 Å². The van der Waals surface area contributed by atoms with E-state index in [4.69, 9.17) is 27.7 Å². The van der Waals surface area contributed by atoms with Crippen molar-refractivity contribution < 1.29 is 29.1 Å². The number of aliphatic carboxylic acids is 1. The number of carboxylic acid groups (broad SMARTS) is 1. The quantitative estimate of drug-likeness (QED) is 0.0414. The van der Waals surface area contributed by atoms with Crippen LogP contribution in [-0.2, 0) is 24.0 Å². The summed E-state index contributed by atoms with van der Waals surface area (Å²) in [6.07, 6.45) is 2.23. The van der Waals surface area contributed by atoms with E-state index in [1.165, 1.54) is 0 Å². The minimum atomic E-state index is -1.23. The molecule has 0 aromatic heterocycles. The van der Waals surface area contributed by atoms with Crippen LogP contribution < -0.4 is 43.8 Å². The van der Waals surface area contributed by atoms with Crippen LogP contribution >= 0.6 is 0 Å². The number of unbranched alkanes of at least 4 members (excludes halogenated alkanes) is 1. The van der Waals surface area contributed by atoms with Gasteiger partial charge in [-0.15, -0.1) is 0 Å². The van der Waals surface area contributed by atoms with Gasteiger partial charge in [-0.05, 0) is 51.6 Å². The second-order valence-corrected chi connectivity index (χ2v) is 9.44. The van der Waals surface area contributed by atoms with Gasteiger partial charge in [-0.1, -0.05) is 26.7 Å². The molecule has 224 valence electrons. The standard InChI is InChI=1S/C24H47N9O6/c1-4-14(2)19(20(26)36)33-23(39)16(9-7-13-30-24(27)28)31-22(38)17(10-11-18(34)35)32-21(37)15(29-3)8-5-6-12-25/h14-17,19,29H,4-13,25H2,1-3H3,(H2,26,36)(H,31,38)(H,32,37)(H,33,39)(H,34,35)(H4,27,28,30)/t14-,15-,16-,17-,19-/m0/s1. The lowest BCUT2D eigenvalue weighted by molar-refractivity contribution is -0.138.